The quantitative estimate of drug-likeness (QED) is 0.580. The van der Waals surface area contributed by atoms with E-state index in [1.54, 1.807) is 6.08 Å². The summed E-state index contributed by atoms with van der Waals surface area (Å²) >= 11 is 0. The molecule has 0 N–H and O–H groups in total. The number of amides is 1. The Morgan fingerprint density at radius 3 is 2.64 bits per heavy atom. The van der Waals surface area contributed by atoms with Gasteiger partial charge in [-0.05, 0) is 31.4 Å². The molecule has 0 aliphatic carbocycles. The third-order valence-corrected chi connectivity index (χ3v) is 4.00. The van der Waals surface area contributed by atoms with Gasteiger partial charge in [-0.3, -0.25) is 4.79 Å². The Balaban J connectivity index is 1.97. The second-order valence-corrected chi connectivity index (χ2v) is 5.81. The average molecular weight is 301 g/mol. The minimum Gasteiger partial charge on any atom is -0.493 e. The SMILES string of the molecule is CCCCOc1ccccc1/C=C/C(=O)N1CCCCCC1. The van der Waals surface area contributed by atoms with Gasteiger partial charge in [-0.1, -0.05) is 44.4 Å². The zero-order valence-electron chi connectivity index (χ0n) is 13.6. The van der Waals surface area contributed by atoms with Crippen LogP contribution in [-0.2, 0) is 4.79 Å². The molecule has 1 aliphatic rings. The van der Waals surface area contributed by atoms with Crippen molar-refractivity contribution in [2.75, 3.05) is 19.7 Å². The Kier molecular flexibility index (Phi) is 7.01. The number of hydrogen-bond acceptors (Lipinski definition) is 2. The summed E-state index contributed by atoms with van der Waals surface area (Å²) in [5, 5.41) is 0. The first-order valence-electron chi connectivity index (χ1n) is 8.50. The molecule has 120 valence electrons. The molecule has 2 rings (SSSR count). The standard InChI is InChI=1S/C19H27NO2/c1-2-3-16-22-18-11-7-6-10-17(18)12-13-19(21)20-14-8-4-5-9-15-20/h6-7,10-13H,2-5,8-9,14-16H2,1H3/b13-12+. The number of likely N-dealkylation sites (tertiary alicyclic amines) is 1. The van der Waals surface area contributed by atoms with Gasteiger partial charge in [0.1, 0.15) is 5.75 Å². The van der Waals surface area contributed by atoms with Crippen molar-refractivity contribution in [3.05, 3.63) is 35.9 Å². The van der Waals surface area contributed by atoms with E-state index in [9.17, 15) is 4.79 Å². The highest BCUT2D eigenvalue weighted by atomic mass is 16.5. The van der Waals surface area contributed by atoms with Crippen molar-refractivity contribution >= 4 is 12.0 Å². The van der Waals surface area contributed by atoms with Crippen molar-refractivity contribution in [2.45, 2.75) is 45.4 Å². The third kappa shape index (κ3) is 5.21. The van der Waals surface area contributed by atoms with E-state index in [1.165, 1.54) is 12.8 Å². The Labute approximate surface area is 134 Å². The molecule has 0 radical (unpaired) electrons. The van der Waals surface area contributed by atoms with Gasteiger partial charge in [-0.2, -0.15) is 0 Å². The van der Waals surface area contributed by atoms with Crippen LogP contribution in [0.1, 0.15) is 51.0 Å². The molecule has 0 unspecified atom stereocenters. The van der Waals surface area contributed by atoms with Crippen LogP contribution in [0.5, 0.6) is 5.75 Å². The molecule has 1 amide bonds. The minimum atomic E-state index is 0.116. The Bertz CT molecular complexity index is 488. The number of benzene rings is 1. The lowest BCUT2D eigenvalue weighted by Gasteiger charge is -2.18. The Morgan fingerprint density at radius 1 is 1.18 bits per heavy atom. The van der Waals surface area contributed by atoms with E-state index >= 15 is 0 Å². The monoisotopic (exact) mass is 301 g/mol. The summed E-state index contributed by atoms with van der Waals surface area (Å²) in [6.45, 7) is 4.64. The van der Waals surface area contributed by atoms with Crippen LogP contribution in [0.15, 0.2) is 30.3 Å². The van der Waals surface area contributed by atoms with E-state index in [0.29, 0.717) is 0 Å². The Morgan fingerprint density at radius 2 is 1.91 bits per heavy atom. The normalized spacial score (nSPS) is 15.8. The average Bonchev–Trinajstić information content (AvgIpc) is 2.83. The van der Waals surface area contributed by atoms with Crippen molar-refractivity contribution in [1.82, 2.24) is 4.90 Å². The van der Waals surface area contributed by atoms with Gasteiger partial charge < -0.3 is 9.64 Å². The van der Waals surface area contributed by atoms with Crippen LogP contribution in [0.25, 0.3) is 6.08 Å². The van der Waals surface area contributed by atoms with Crippen molar-refractivity contribution in [3.63, 3.8) is 0 Å². The zero-order valence-corrected chi connectivity index (χ0v) is 13.6. The van der Waals surface area contributed by atoms with Crippen molar-refractivity contribution < 1.29 is 9.53 Å². The molecule has 0 spiro atoms. The molecule has 0 aromatic heterocycles. The summed E-state index contributed by atoms with van der Waals surface area (Å²) in [7, 11) is 0. The largest absolute Gasteiger partial charge is 0.493 e. The van der Waals surface area contributed by atoms with Crippen LogP contribution in [0.3, 0.4) is 0 Å². The van der Waals surface area contributed by atoms with E-state index in [2.05, 4.69) is 6.92 Å². The van der Waals surface area contributed by atoms with E-state index in [0.717, 1.165) is 56.7 Å². The predicted molar refractivity (Wildman–Crippen MR) is 90.9 cm³/mol. The number of para-hydroxylation sites is 1. The second kappa shape index (κ2) is 9.29. The van der Waals surface area contributed by atoms with Crippen LogP contribution < -0.4 is 4.74 Å². The van der Waals surface area contributed by atoms with Crippen molar-refractivity contribution in [2.24, 2.45) is 0 Å². The summed E-state index contributed by atoms with van der Waals surface area (Å²) in [5.74, 6) is 0.973. The fourth-order valence-corrected chi connectivity index (χ4v) is 2.63. The van der Waals surface area contributed by atoms with E-state index in [1.807, 2.05) is 35.2 Å². The second-order valence-electron chi connectivity index (χ2n) is 5.81. The summed E-state index contributed by atoms with van der Waals surface area (Å²) in [6, 6.07) is 7.90. The molecule has 1 aromatic rings. The van der Waals surface area contributed by atoms with Gasteiger partial charge in [-0.15, -0.1) is 0 Å². The molecule has 3 nitrogen and oxygen atoms in total. The lowest BCUT2D eigenvalue weighted by Crippen LogP contribution is -2.30. The number of rotatable bonds is 6. The molecule has 22 heavy (non-hydrogen) atoms. The van der Waals surface area contributed by atoms with Crippen LogP contribution >= 0.6 is 0 Å². The lowest BCUT2D eigenvalue weighted by atomic mass is 10.2. The first-order chi connectivity index (χ1) is 10.8. The highest BCUT2D eigenvalue weighted by Gasteiger charge is 2.12. The number of carbonyl (C=O) groups excluding carboxylic acids is 1. The third-order valence-electron chi connectivity index (χ3n) is 4.00. The predicted octanol–water partition coefficient (Wildman–Crippen LogP) is 4.28. The summed E-state index contributed by atoms with van der Waals surface area (Å²) in [5.41, 5.74) is 0.974. The molecule has 0 bridgehead atoms. The maximum atomic E-state index is 12.3. The van der Waals surface area contributed by atoms with Crippen LogP contribution in [0.4, 0.5) is 0 Å². The summed E-state index contributed by atoms with van der Waals surface area (Å²) in [6.07, 6.45) is 10.5. The molecule has 1 heterocycles. The molecule has 1 aromatic carbocycles. The van der Waals surface area contributed by atoms with E-state index < -0.39 is 0 Å². The number of unbranched alkanes of at least 4 members (excludes halogenated alkanes) is 1. The number of hydrogen-bond donors (Lipinski definition) is 0. The summed E-state index contributed by atoms with van der Waals surface area (Å²) in [4.78, 5) is 14.3. The van der Waals surface area contributed by atoms with Crippen LogP contribution in [0.2, 0.25) is 0 Å². The van der Waals surface area contributed by atoms with Gasteiger partial charge in [0.25, 0.3) is 0 Å². The van der Waals surface area contributed by atoms with Gasteiger partial charge in [0, 0.05) is 24.7 Å². The molecule has 0 atom stereocenters. The molecule has 1 saturated heterocycles. The van der Waals surface area contributed by atoms with Gasteiger partial charge in [0.15, 0.2) is 0 Å². The van der Waals surface area contributed by atoms with Gasteiger partial charge >= 0.3 is 0 Å². The zero-order chi connectivity index (χ0) is 15.6. The molecule has 0 saturated carbocycles. The smallest absolute Gasteiger partial charge is 0.246 e. The van der Waals surface area contributed by atoms with Crippen LogP contribution in [0, 0.1) is 0 Å². The van der Waals surface area contributed by atoms with E-state index in [4.69, 9.17) is 4.74 Å². The molecule has 3 heteroatoms. The first-order valence-corrected chi connectivity index (χ1v) is 8.50. The number of carbonyl (C=O) groups is 1. The molecule has 1 aliphatic heterocycles. The van der Waals surface area contributed by atoms with Gasteiger partial charge in [0.2, 0.25) is 5.91 Å². The Hall–Kier alpha value is -1.77. The highest BCUT2D eigenvalue weighted by Crippen LogP contribution is 2.20. The highest BCUT2D eigenvalue weighted by molar-refractivity contribution is 5.92. The topological polar surface area (TPSA) is 29.5 Å². The maximum Gasteiger partial charge on any atom is 0.246 e. The van der Waals surface area contributed by atoms with Gasteiger partial charge in [-0.25, -0.2) is 0 Å². The van der Waals surface area contributed by atoms with Crippen molar-refractivity contribution in [1.29, 1.82) is 0 Å². The molecular weight excluding hydrogens is 274 g/mol. The minimum absolute atomic E-state index is 0.116. The fraction of sp³-hybridized carbons (Fsp3) is 0.526. The first kappa shape index (κ1) is 16.6. The lowest BCUT2D eigenvalue weighted by molar-refractivity contribution is -0.125. The van der Waals surface area contributed by atoms with Gasteiger partial charge in [0.05, 0.1) is 6.61 Å². The summed E-state index contributed by atoms with van der Waals surface area (Å²) < 4.78 is 5.80. The number of ether oxygens (including phenoxy) is 1. The van der Waals surface area contributed by atoms with Crippen molar-refractivity contribution in [3.8, 4) is 5.75 Å². The fourth-order valence-electron chi connectivity index (χ4n) is 2.63. The maximum absolute atomic E-state index is 12.3. The molecular formula is C19H27NO2. The number of nitrogens with zero attached hydrogens (tertiary/aromatic N) is 1. The molecule has 1 fully saturated rings. The van der Waals surface area contributed by atoms with E-state index in [-0.39, 0.29) is 5.91 Å². The van der Waals surface area contributed by atoms with Crippen LogP contribution in [-0.4, -0.2) is 30.5 Å².